The van der Waals surface area contributed by atoms with Crippen LogP contribution in [0.2, 0.25) is 5.02 Å². The fourth-order valence-electron chi connectivity index (χ4n) is 3.36. The van der Waals surface area contributed by atoms with E-state index in [2.05, 4.69) is 15.0 Å². The van der Waals surface area contributed by atoms with Crippen molar-refractivity contribution < 1.29 is 14.3 Å². The number of halogens is 2. The van der Waals surface area contributed by atoms with Crippen LogP contribution in [0.25, 0.3) is 33.1 Å². The van der Waals surface area contributed by atoms with Crippen LogP contribution < -0.4 is 0 Å². The smallest absolute Gasteiger partial charge is 0.353 e. The predicted molar refractivity (Wildman–Crippen MR) is 126 cm³/mol. The molecule has 0 aliphatic carbocycles. The lowest BCUT2D eigenvalue weighted by Gasteiger charge is -2.13. The van der Waals surface area contributed by atoms with E-state index in [1.54, 1.807) is 43.3 Å². The Bertz CT molecular complexity index is 1480. The number of aromatic nitrogens is 3. The average Bonchev–Trinajstić information content (AvgIpc) is 2.81. The predicted octanol–water partition coefficient (Wildman–Crippen LogP) is 5.42. The van der Waals surface area contributed by atoms with Crippen molar-refractivity contribution in [3.8, 4) is 11.3 Å². The number of carboxylic acid groups (broad SMARTS) is 1. The first-order chi connectivity index (χ1) is 15.8. The molecule has 0 bridgehead atoms. The number of rotatable bonds is 6. The van der Waals surface area contributed by atoms with Gasteiger partial charge in [-0.25, -0.2) is 24.1 Å². The van der Waals surface area contributed by atoms with E-state index in [1.807, 2.05) is 0 Å². The summed E-state index contributed by atoms with van der Waals surface area (Å²) in [6.07, 6.45) is 3.80. The number of allylic oxidation sites excluding steroid dienone is 1. The van der Waals surface area contributed by atoms with Gasteiger partial charge in [0.25, 0.3) is 0 Å². The molecule has 9 heteroatoms. The van der Waals surface area contributed by atoms with E-state index >= 15 is 0 Å². The van der Waals surface area contributed by atoms with E-state index in [0.29, 0.717) is 43.9 Å². The Hall–Kier alpha value is -4.04. The maximum absolute atomic E-state index is 14.6. The van der Waals surface area contributed by atoms with Gasteiger partial charge in [-0.15, -0.1) is 0 Å². The van der Waals surface area contributed by atoms with E-state index in [-0.39, 0.29) is 5.71 Å². The van der Waals surface area contributed by atoms with E-state index in [4.69, 9.17) is 27.5 Å². The molecule has 0 amide bonds. The van der Waals surface area contributed by atoms with Crippen LogP contribution in [0.4, 0.5) is 4.39 Å². The topological polar surface area (TPSA) is 124 Å². The zero-order chi connectivity index (χ0) is 23.7. The number of nitrogens with zero attached hydrogens (tertiary/aromatic N) is 3. The molecule has 0 aliphatic heterocycles. The number of hydrogen-bond donors (Lipinski definition) is 3. The molecule has 0 saturated heterocycles. The molecule has 2 heterocycles. The SMILES string of the molecule is CC(C(=N)/C=C\C(=N)C(=O)O)c1ncc2nc(-c3ccccc3F)c3cc(Cl)ccc3c2n1. The second-order valence-electron chi connectivity index (χ2n) is 7.32. The highest BCUT2D eigenvalue weighted by molar-refractivity contribution is 6.39. The van der Waals surface area contributed by atoms with Crippen molar-refractivity contribution in [3.63, 3.8) is 0 Å². The number of hydrogen-bond acceptors (Lipinski definition) is 6. The van der Waals surface area contributed by atoms with Gasteiger partial charge >= 0.3 is 5.97 Å². The van der Waals surface area contributed by atoms with Crippen molar-refractivity contribution in [2.75, 3.05) is 0 Å². The van der Waals surface area contributed by atoms with Crippen molar-refractivity contribution in [2.24, 2.45) is 0 Å². The second-order valence-corrected chi connectivity index (χ2v) is 7.76. The molecule has 0 aliphatic rings. The molecule has 2 aromatic heterocycles. The van der Waals surface area contributed by atoms with Crippen LogP contribution in [0.5, 0.6) is 0 Å². The van der Waals surface area contributed by atoms with Gasteiger partial charge in [0, 0.05) is 27.1 Å². The number of benzene rings is 2. The lowest BCUT2D eigenvalue weighted by atomic mass is 10.0. The molecule has 164 valence electrons. The number of carbonyl (C=O) groups is 1. The van der Waals surface area contributed by atoms with Crippen LogP contribution >= 0.6 is 11.6 Å². The first-order valence-electron chi connectivity index (χ1n) is 9.85. The highest BCUT2D eigenvalue weighted by atomic mass is 35.5. The third-order valence-electron chi connectivity index (χ3n) is 5.15. The van der Waals surface area contributed by atoms with Crippen molar-refractivity contribution >= 4 is 50.8 Å². The van der Waals surface area contributed by atoms with Crippen LogP contribution in [0.1, 0.15) is 18.7 Å². The van der Waals surface area contributed by atoms with Crippen LogP contribution in [-0.4, -0.2) is 37.5 Å². The Morgan fingerprint density at radius 3 is 2.61 bits per heavy atom. The van der Waals surface area contributed by atoms with Crippen molar-refractivity contribution in [1.82, 2.24) is 15.0 Å². The second kappa shape index (κ2) is 8.84. The fraction of sp³-hybridized carbons (Fsp3) is 0.0833. The minimum absolute atomic E-state index is 0.0450. The van der Waals surface area contributed by atoms with Gasteiger partial charge in [-0.2, -0.15) is 0 Å². The Morgan fingerprint density at radius 1 is 1.12 bits per heavy atom. The Morgan fingerprint density at radius 2 is 1.88 bits per heavy atom. The summed E-state index contributed by atoms with van der Waals surface area (Å²) in [4.78, 5) is 24.4. The van der Waals surface area contributed by atoms with Gasteiger partial charge in [-0.3, -0.25) is 5.41 Å². The molecule has 33 heavy (non-hydrogen) atoms. The summed E-state index contributed by atoms with van der Waals surface area (Å²) in [5.74, 6) is -2.03. The van der Waals surface area contributed by atoms with Gasteiger partial charge in [-0.05, 0) is 43.3 Å². The zero-order valence-electron chi connectivity index (χ0n) is 17.3. The highest BCUT2D eigenvalue weighted by Crippen LogP contribution is 2.34. The molecular formula is C24H17ClFN5O2. The van der Waals surface area contributed by atoms with Gasteiger partial charge in [0.1, 0.15) is 28.4 Å². The Balaban J connectivity index is 1.85. The quantitative estimate of drug-likeness (QED) is 0.261. The first kappa shape index (κ1) is 22.2. The summed E-state index contributed by atoms with van der Waals surface area (Å²) in [7, 11) is 0. The van der Waals surface area contributed by atoms with E-state index in [1.165, 1.54) is 18.3 Å². The molecule has 3 N–H and O–H groups in total. The van der Waals surface area contributed by atoms with Crippen molar-refractivity contribution in [1.29, 1.82) is 10.8 Å². The molecule has 0 fully saturated rings. The van der Waals surface area contributed by atoms with Crippen LogP contribution in [0.15, 0.2) is 60.8 Å². The molecule has 7 nitrogen and oxygen atoms in total. The van der Waals surface area contributed by atoms with Gasteiger partial charge < -0.3 is 10.5 Å². The largest absolute Gasteiger partial charge is 0.477 e. The first-order valence-corrected chi connectivity index (χ1v) is 10.2. The van der Waals surface area contributed by atoms with Crippen LogP contribution in [0.3, 0.4) is 0 Å². The lowest BCUT2D eigenvalue weighted by molar-refractivity contribution is -0.129. The average molecular weight is 462 g/mol. The molecule has 0 saturated carbocycles. The Kier molecular flexibility index (Phi) is 5.93. The third-order valence-corrected chi connectivity index (χ3v) is 5.39. The molecule has 4 aromatic rings. The summed E-state index contributed by atoms with van der Waals surface area (Å²) in [5, 5.41) is 26.1. The zero-order valence-corrected chi connectivity index (χ0v) is 18.1. The van der Waals surface area contributed by atoms with Gasteiger partial charge in [0.2, 0.25) is 0 Å². The van der Waals surface area contributed by atoms with Crippen LogP contribution in [0, 0.1) is 16.6 Å². The van der Waals surface area contributed by atoms with Crippen LogP contribution in [-0.2, 0) is 4.79 Å². The number of carboxylic acids is 1. The van der Waals surface area contributed by atoms with Crippen molar-refractivity contribution in [3.05, 3.63) is 77.5 Å². The normalized spacial score (nSPS) is 12.3. The molecule has 1 unspecified atom stereocenters. The van der Waals surface area contributed by atoms with Gasteiger partial charge in [0.15, 0.2) is 0 Å². The highest BCUT2D eigenvalue weighted by Gasteiger charge is 2.18. The minimum atomic E-state index is -1.38. The van der Waals surface area contributed by atoms with E-state index < -0.39 is 23.4 Å². The van der Waals surface area contributed by atoms with E-state index in [9.17, 15) is 9.18 Å². The monoisotopic (exact) mass is 461 g/mol. The summed E-state index contributed by atoms with van der Waals surface area (Å²) in [5.41, 5.74) is 1.15. The standard InChI is InChI=1S/C24H17ClFN5O2/c1-12(18(27)8-9-19(28)24(32)33)23-29-11-20-22(31-23)14-7-6-13(25)10-16(14)21(30-20)15-4-2-3-5-17(15)26/h2-12,27-28H,1H3,(H,32,33)/b9-8-,27-18?,28-19?. The number of aliphatic carboxylic acids is 1. The molecule has 0 radical (unpaired) electrons. The summed E-state index contributed by atoms with van der Waals surface area (Å²) in [6.45, 7) is 1.71. The molecule has 1 atom stereocenters. The molecular weight excluding hydrogens is 445 g/mol. The summed E-state index contributed by atoms with van der Waals surface area (Å²) >= 11 is 6.23. The lowest BCUT2D eigenvalue weighted by Crippen LogP contribution is -2.12. The number of fused-ring (bicyclic) bond motifs is 3. The Labute approximate surface area is 192 Å². The summed E-state index contributed by atoms with van der Waals surface area (Å²) in [6, 6.07) is 11.5. The van der Waals surface area contributed by atoms with E-state index in [0.717, 1.165) is 6.08 Å². The maximum atomic E-state index is 14.6. The number of nitrogens with one attached hydrogen (secondary N) is 2. The summed E-state index contributed by atoms with van der Waals surface area (Å²) < 4.78 is 14.6. The van der Waals surface area contributed by atoms with Gasteiger partial charge in [0.05, 0.1) is 17.8 Å². The third kappa shape index (κ3) is 4.33. The molecule has 2 aromatic carbocycles. The molecule has 4 rings (SSSR count). The fourth-order valence-corrected chi connectivity index (χ4v) is 3.54. The van der Waals surface area contributed by atoms with Crippen molar-refractivity contribution in [2.45, 2.75) is 12.8 Å². The van der Waals surface area contributed by atoms with Gasteiger partial charge in [-0.1, -0.05) is 29.8 Å². The number of pyridine rings is 1. The molecule has 0 spiro atoms. The maximum Gasteiger partial charge on any atom is 0.353 e. The minimum Gasteiger partial charge on any atom is -0.477 e.